The van der Waals surface area contributed by atoms with Gasteiger partial charge in [-0.25, -0.2) is 0 Å². The summed E-state index contributed by atoms with van der Waals surface area (Å²) in [6.45, 7) is 0.625. The molecule has 1 unspecified atom stereocenters. The molecule has 1 rings (SSSR count). The number of hydrogen-bond acceptors (Lipinski definition) is 2. The van der Waals surface area contributed by atoms with Crippen LogP contribution < -0.4 is 5.32 Å². The second-order valence-corrected chi connectivity index (χ2v) is 3.17. The fraction of sp³-hybridized carbons (Fsp3) is 0.300. The Bertz CT molecular complexity index is 317. The number of nitriles is 1. The molecule has 3 heteroatoms. The predicted octanol–water partition coefficient (Wildman–Crippen LogP) is 2.17. The summed E-state index contributed by atoms with van der Waals surface area (Å²) in [6.07, 6.45) is 0. The lowest BCUT2D eigenvalue weighted by Crippen LogP contribution is -2.16. The van der Waals surface area contributed by atoms with Crippen LogP contribution in [0.25, 0.3) is 0 Å². The monoisotopic (exact) mass is 194 g/mol. The minimum Gasteiger partial charge on any atom is -0.318 e. The fourth-order valence-corrected chi connectivity index (χ4v) is 1.45. The first-order valence-electron chi connectivity index (χ1n) is 4.08. The highest BCUT2D eigenvalue weighted by molar-refractivity contribution is 6.31. The van der Waals surface area contributed by atoms with Gasteiger partial charge in [0.25, 0.3) is 0 Å². The predicted molar refractivity (Wildman–Crippen MR) is 53.7 cm³/mol. The minimum atomic E-state index is -0.168. The van der Waals surface area contributed by atoms with Crippen LogP contribution in [0.5, 0.6) is 0 Å². The minimum absolute atomic E-state index is 0.168. The van der Waals surface area contributed by atoms with Crippen LogP contribution in [0.15, 0.2) is 24.3 Å². The summed E-state index contributed by atoms with van der Waals surface area (Å²) in [5.74, 6) is -0.168. The Kier molecular flexibility index (Phi) is 3.75. The van der Waals surface area contributed by atoms with Gasteiger partial charge in [-0.15, -0.1) is 0 Å². The van der Waals surface area contributed by atoms with E-state index in [9.17, 15) is 0 Å². The first-order valence-corrected chi connectivity index (χ1v) is 4.46. The van der Waals surface area contributed by atoms with Crippen molar-refractivity contribution >= 4 is 11.6 Å². The molecule has 0 aromatic heterocycles. The number of benzene rings is 1. The van der Waals surface area contributed by atoms with E-state index in [-0.39, 0.29) is 5.92 Å². The largest absolute Gasteiger partial charge is 0.318 e. The van der Waals surface area contributed by atoms with Crippen molar-refractivity contribution in [1.82, 2.24) is 5.32 Å². The van der Waals surface area contributed by atoms with E-state index in [1.807, 2.05) is 25.2 Å². The Hall–Kier alpha value is -1.04. The van der Waals surface area contributed by atoms with Gasteiger partial charge >= 0.3 is 0 Å². The van der Waals surface area contributed by atoms with Crippen molar-refractivity contribution in [3.63, 3.8) is 0 Å². The molecule has 0 bridgehead atoms. The van der Waals surface area contributed by atoms with E-state index in [2.05, 4.69) is 11.4 Å². The van der Waals surface area contributed by atoms with E-state index in [4.69, 9.17) is 16.9 Å². The number of nitrogens with zero attached hydrogens (tertiary/aromatic N) is 1. The van der Waals surface area contributed by atoms with E-state index >= 15 is 0 Å². The average molecular weight is 195 g/mol. The summed E-state index contributed by atoms with van der Waals surface area (Å²) in [5.41, 5.74) is 0.890. The molecular formula is C10H11ClN2. The maximum atomic E-state index is 8.89. The summed E-state index contributed by atoms with van der Waals surface area (Å²) in [5, 5.41) is 12.5. The van der Waals surface area contributed by atoms with Gasteiger partial charge in [0, 0.05) is 11.6 Å². The summed E-state index contributed by atoms with van der Waals surface area (Å²) in [7, 11) is 1.82. The van der Waals surface area contributed by atoms with Crippen molar-refractivity contribution < 1.29 is 0 Å². The highest BCUT2D eigenvalue weighted by Gasteiger charge is 2.11. The first-order chi connectivity index (χ1) is 6.29. The zero-order chi connectivity index (χ0) is 9.68. The molecule has 0 saturated heterocycles. The standard InChI is InChI=1S/C10H11ClN2/c1-13-7-8(6-12)9-4-2-3-5-10(9)11/h2-5,8,13H,7H2,1H3. The van der Waals surface area contributed by atoms with Gasteiger partial charge in [0.15, 0.2) is 0 Å². The summed E-state index contributed by atoms with van der Waals surface area (Å²) < 4.78 is 0. The van der Waals surface area contributed by atoms with Crippen molar-refractivity contribution in [2.24, 2.45) is 0 Å². The Morgan fingerprint density at radius 2 is 2.23 bits per heavy atom. The van der Waals surface area contributed by atoms with Gasteiger partial charge in [-0.05, 0) is 18.7 Å². The molecule has 2 nitrogen and oxygen atoms in total. The SMILES string of the molecule is CNCC(C#N)c1ccccc1Cl. The second kappa shape index (κ2) is 4.86. The van der Waals surface area contributed by atoms with Gasteiger partial charge in [-0.3, -0.25) is 0 Å². The third kappa shape index (κ3) is 2.45. The van der Waals surface area contributed by atoms with E-state index in [1.54, 1.807) is 6.07 Å². The maximum absolute atomic E-state index is 8.89. The molecule has 0 fully saturated rings. The van der Waals surface area contributed by atoms with Crippen molar-refractivity contribution in [1.29, 1.82) is 5.26 Å². The number of hydrogen-bond donors (Lipinski definition) is 1. The second-order valence-electron chi connectivity index (χ2n) is 2.76. The Morgan fingerprint density at radius 3 is 2.77 bits per heavy atom. The molecule has 0 aliphatic rings. The maximum Gasteiger partial charge on any atom is 0.0851 e. The molecule has 0 heterocycles. The van der Waals surface area contributed by atoms with Crippen LogP contribution in [-0.4, -0.2) is 13.6 Å². The van der Waals surface area contributed by atoms with Crippen molar-refractivity contribution in [3.8, 4) is 6.07 Å². The lowest BCUT2D eigenvalue weighted by atomic mass is 10.0. The molecule has 0 amide bonds. The number of halogens is 1. The Labute approximate surface area is 83.1 Å². The lowest BCUT2D eigenvalue weighted by Gasteiger charge is -2.09. The molecule has 1 aromatic carbocycles. The highest BCUT2D eigenvalue weighted by Crippen LogP contribution is 2.23. The Balaban J connectivity index is 2.92. The fourth-order valence-electron chi connectivity index (χ4n) is 1.19. The van der Waals surface area contributed by atoms with E-state index in [0.717, 1.165) is 5.56 Å². The van der Waals surface area contributed by atoms with E-state index in [1.165, 1.54) is 0 Å². The van der Waals surface area contributed by atoms with Crippen molar-refractivity contribution in [2.75, 3.05) is 13.6 Å². The van der Waals surface area contributed by atoms with E-state index in [0.29, 0.717) is 11.6 Å². The van der Waals surface area contributed by atoms with Gasteiger partial charge in [-0.2, -0.15) is 5.26 Å². The zero-order valence-corrected chi connectivity index (χ0v) is 8.17. The molecule has 68 valence electrons. The molecule has 0 radical (unpaired) electrons. The van der Waals surface area contributed by atoms with Gasteiger partial charge in [0.1, 0.15) is 0 Å². The van der Waals surface area contributed by atoms with Gasteiger partial charge in [0.05, 0.1) is 12.0 Å². The highest BCUT2D eigenvalue weighted by atomic mass is 35.5. The smallest absolute Gasteiger partial charge is 0.0851 e. The van der Waals surface area contributed by atoms with Crippen LogP contribution in [0, 0.1) is 11.3 Å². The number of rotatable bonds is 3. The van der Waals surface area contributed by atoms with Crippen LogP contribution in [-0.2, 0) is 0 Å². The topological polar surface area (TPSA) is 35.8 Å². The molecule has 1 N–H and O–H groups in total. The first kappa shape index (κ1) is 10.0. The zero-order valence-electron chi connectivity index (χ0n) is 7.42. The summed E-state index contributed by atoms with van der Waals surface area (Å²) in [6, 6.07) is 9.65. The molecule has 0 aliphatic heterocycles. The van der Waals surface area contributed by atoms with Crippen LogP contribution in [0.4, 0.5) is 0 Å². The number of nitrogens with one attached hydrogen (secondary N) is 1. The van der Waals surface area contributed by atoms with Gasteiger partial charge in [-0.1, -0.05) is 29.8 Å². The molecule has 13 heavy (non-hydrogen) atoms. The average Bonchev–Trinajstić information content (AvgIpc) is 2.16. The molecular weight excluding hydrogens is 184 g/mol. The van der Waals surface area contributed by atoms with Crippen LogP contribution >= 0.6 is 11.6 Å². The molecule has 0 spiro atoms. The molecule has 0 aliphatic carbocycles. The Morgan fingerprint density at radius 1 is 1.54 bits per heavy atom. The van der Waals surface area contributed by atoms with Crippen molar-refractivity contribution in [3.05, 3.63) is 34.9 Å². The summed E-state index contributed by atoms with van der Waals surface area (Å²) >= 11 is 5.95. The normalized spacial score (nSPS) is 12.1. The number of likely N-dealkylation sites (N-methyl/N-ethyl adjacent to an activating group) is 1. The van der Waals surface area contributed by atoms with Crippen LogP contribution in [0.3, 0.4) is 0 Å². The third-order valence-corrected chi connectivity index (χ3v) is 2.19. The quantitative estimate of drug-likeness (QED) is 0.801. The van der Waals surface area contributed by atoms with Gasteiger partial charge in [0.2, 0.25) is 0 Å². The molecule has 0 saturated carbocycles. The van der Waals surface area contributed by atoms with Gasteiger partial charge < -0.3 is 5.32 Å². The lowest BCUT2D eigenvalue weighted by molar-refractivity contribution is 0.734. The third-order valence-electron chi connectivity index (χ3n) is 1.84. The van der Waals surface area contributed by atoms with E-state index < -0.39 is 0 Å². The van der Waals surface area contributed by atoms with Crippen molar-refractivity contribution in [2.45, 2.75) is 5.92 Å². The molecule has 1 atom stereocenters. The van der Waals surface area contributed by atoms with Crippen LogP contribution in [0.2, 0.25) is 5.02 Å². The molecule has 1 aromatic rings. The summed E-state index contributed by atoms with van der Waals surface area (Å²) in [4.78, 5) is 0. The van der Waals surface area contributed by atoms with Crippen LogP contribution in [0.1, 0.15) is 11.5 Å².